The van der Waals surface area contributed by atoms with Crippen LogP contribution in [-0.2, 0) is 4.84 Å². The van der Waals surface area contributed by atoms with E-state index in [2.05, 4.69) is 4.98 Å². The summed E-state index contributed by atoms with van der Waals surface area (Å²) in [6.07, 6.45) is 3.06. The highest BCUT2D eigenvalue weighted by atomic mass is 32.2. The van der Waals surface area contributed by atoms with Crippen molar-refractivity contribution in [3.8, 4) is 0 Å². The molecule has 1 rings (SSSR count). The van der Waals surface area contributed by atoms with Gasteiger partial charge >= 0.3 is 5.91 Å². The van der Waals surface area contributed by atoms with E-state index in [0.717, 1.165) is 5.06 Å². The summed E-state index contributed by atoms with van der Waals surface area (Å²) in [5.74, 6) is -0.138. The van der Waals surface area contributed by atoms with Crippen molar-refractivity contribution in [3.63, 3.8) is 0 Å². The third-order valence-electron chi connectivity index (χ3n) is 1.48. The van der Waals surface area contributed by atoms with E-state index in [1.165, 1.54) is 32.3 Å². The normalized spacial score (nSPS) is 9.13. The molecule has 6 heteroatoms. The van der Waals surface area contributed by atoms with Gasteiger partial charge in [-0.2, -0.15) is 0 Å². The largest absolute Gasteiger partial charge is 0.437 e. The highest BCUT2D eigenvalue weighted by Gasteiger charge is 2.20. The summed E-state index contributed by atoms with van der Waals surface area (Å²) in [4.78, 5) is 20.1. The molecule has 0 N–H and O–H groups in total. The van der Waals surface area contributed by atoms with Gasteiger partial charge in [-0.3, -0.25) is 9.63 Å². The Morgan fingerprint density at radius 2 is 2.20 bits per heavy atom. The first kappa shape index (κ1) is 14.0. The van der Waals surface area contributed by atoms with Crippen LogP contribution in [0.3, 0.4) is 0 Å². The zero-order valence-electron chi connectivity index (χ0n) is 9.60. The molecule has 0 aliphatic heterocycles. The molecule has 86 valence electrons. The fraction of sp³-hybridized carbons (Fsp3) is 0.556. The second kappa shape index (κ2) is 7.30. The molecule has 1 amide bonds. The standard InChI is InChI=1S/C7H10N2O3S.C2H6/c1-9(11-2)7(10)5-6(13-3)8-4-12-5;1-2/h4H,1-3H3;1-2H3. The maximum atomic E-state index is 11.5. The van der Waals surface area contributed by atoms with Crippen LogP contribution in [0.2, 0.25) is 0 Å². The van der Waals surface area contributed by atoms with Crippen LogP contribution in [0.15, 0.2) is 15.8 Å². The van der Waals surface area contributed by atoms with Crippen molar-refractivity contribution < 1.29 is 14.0 Å². The van der Waals surface area contributed by atoms with E-state index in [1.807, 2.05) is 20.1 Å². The summed E-state index contributed by atoms with van der Waals surface area (Å²) in [6, 6.07) is 0. The van der Waals surface area contributed by atoms with Gasteiger partial charge in [0.1, 0.15) is 5.03 Å². The topological polar surface area (TPSA) is 55.6 Å². The van der Waals surface area contributed by atoms with Crippen molar-refractivity contribution in [1.82, 2.24) is 10.0 Å². The van der Waals surface area contributed by atoms with Gasteiger partial charge in [-0.1, -0.05) is 13.8 Å². The molecule has 1 heterocycles. The molecule has 1 aromatic heterocycles. The van der Waals surface area contributed by atoms with Crippen LogP contribution in [0.1, 0.15) is 24.4 Å². The van der Waals surface area contributed by atoms with Gasteiger partial charge in [-0.15, -0.1) is 11.8 Å². The zero-order chi connectivity index (χ0) is 11.8. The monoisotopic (exact) mass is 232 g/mol. The number of hydroxylamine groups is 2. The van der Waals surface area contributed by atoms with Crippen molar-refractivity contribution in [1.29, 1.82) is 0 Å². The Kier molecular flexibility index (Phi) is 6.81. The van der Waals surface area contributed by atoms with Crippen LogP contribution in [0.4, 0.5) is 0 Å². The van der Waals surface area contributed by atoms with Crippen LogP contribution in [-0.4, -0.2) is 36.4 Å². The second-order valence-corrected chi connectivity index (χ2v) is 2.97. The van der Waals surface area contributed by atoms with Crippen molar-refractivity contribution in [2.75, 3.05) is 20.4 Å². The SMILES string of the molecule is CC.CON(C)C(=O)c1ocnc1SC. The summed E-state index contributed by atoms with van der Waals surface area (Å²) in [6.45, 7) is 4.00. The molecule has 0 radical (unpaired) electrons. The van der Waals surface area contributed by atoms with Crippen molar-refractivity contribution in [2.24, 2.45) is 0 Å². The summed E-state index contributed by atoms with van der Waals surface area (Å²) in [5, 5.41) is 1.65. The molecule has 0 unspecified atom stereocenters. The predicted molar refractivity (Wildman–Crippen MR) is 58.7 cm³/mol. The van der Waals surface area contributed by atoms with E-state index in [-0.39, 0.29) is 11.7 Å². The minimum absolute atomic E-state index is 0.205. The maximum absolute atomic E-state index is 11.5. The number of rotatable bonds is 3. The van der Waals surface area contributed by atoms with Gasteiger partial charge in [0, 0.05) is 7.05 Å². The smallest absolute Gasteiger partial charge is 0.315 e. The number of aromatic nitrogens is 1. The van der Waals surface area contributed by atoms with Gasteiger partial charge in [0.25, 0.3) is 0 Å². The minimum atomic E-state index is -0.343. The van der Waals surface area contributed by atoms with Gasteiger partial charge < -0.3 is 4.42 Å². The molecular formula is C9H16N2O3S. The molecule has 0 aliphatic carbocycles. The zero-order valence-corrected chi connectivity index (χ0v) is 10.4. The lowest BCUT2D eigenvalue weighted by Crippen LogP contribution is -2.25. The van der Waals surface area contributed by atoms with Crippen LogP contribution < -0.4 is 0 Å². The number of thioether (sulfide) groups is 1. The van der Waals surface area contributed by atoms with E-state index >= 15 is 0 Å². The van der Waals surface area contributed by atoms with E-state index in [0.29, 0.717) is 5.03 Å². The Morgan fingerprint density at radius 3 is 2.67 bits per heavy atom. The number of hydrogen-bond donors (Lipinski definition) is 0. The molecular weight excluding hydrogens is 216 g/mol. The average molecular weight is 232 g/mol. The molecule has 0 aliphatic rings. The fourth-order valence-corrected chi connectivity index (χ4v) is 1.22. The Balaban J connectivity index is 0.000000921. The van der Waals surface area contributed by atoms with Gasteiger partial charge in [0.15, 0.2) is 6.39 Å². The molecule has 15 heavy (non-hydrogen) atoms. The van der Waals surface area contributed by atoms with E-state index in [9.17, 15) is 4.79 Å². The van der Waals surface area contributed by atoms with Crippen LogP contribution >= 0.6 is 11.8 Å². The number of oxazole rings is 1. The lowest BCUT2D eigenvalue weighted by molar-refractivity contribution is -0.0776. The number of amides is 1. The third kappa shape index (κ3) is 3.56. The van der Waals surface area contributed by atoms with Crippen molar-refractivity contribution in [3.05, 3.63) is 12.2 Å². The first-order valence-corrected chi connectivity index (χ1v) is 5.72. The highest BCUT2D eigenvalue weighted by Crippen LogP contribution is 2.19. The third-order valence-corrected chi connectivity index (χ3v) is 2.16. The van der Waals surface area contributed by atoms with Crippen LogP contribution in [0.25, 0.3) is 0 Å². The van der Waals surface area contributed by atoms with E-state index in [4.69, 9.17) is 9.25 Å². The first-order valence-electron chi connectivity index (χ1n) is 4.50. The lowest BCUT2D eigenvalue weighted by atomic mass is 10.5. The van der Waals surface area contributed by atoms with Crippen molar-refractivity contribution in [2.45, 2.75) is 18.9 Å². The Morgan fingerprint density at radius 1 is 1.60 bits per heavy atom. The van der Waals surface area contributed by atoms with Gasteiger partial charge in [0.05, 0.1) is 7.11 Å². The molecule has 1 aromatic rings. The first-order chi connectivity index (χ1) is 7.20. The Labute approximate surface area is 93.8 Å². The van der Waals surface area contributed by atoms with Crippen molar-refractivity contribution >= 4 is 17.7 Å². The summed E-state index contributed by atoms with van der Waals surface area (Å²) < 4.78 is 4.94. The molecule has 0 fully saturated rings. The molecule has 0 aromatic carbocycles. The fourth-order valence-electron chi connectivity index (χ4n) is 0.749. The van der Waals surface area contributed by atoms with Crippen LogP contribution in [0.5, 0.6) is 0 Å². The number of hydrogen-bond acceptors (Lipinski definition) is 5. The quantitative estimate of drug-likeness (QED) is 0.589. The number of carbonyl (C=O) groups is 1. The van der Waals surface area contributed by atoms with Gasteiger partial charge in [-0.05, 0) is 6.26 Å². The van der Waals surface area contributed by atoms with Gasteiger partial charge in [0.2, 0.25) is 5.76 Å². The molecule has 5 nitrogen and oxygen atoms in total. The number of nitrogens with zero attached hydrogens (tertiary/aromatic N) is 2. The van der Waals surface area contributed by atoms with E-state index in [1.54, 1.807) is 0 Å². The Hall–Kier alpha value is -1.01. The number of carbonyl (C=O) groups excluding carboxylic acids is 1. The summed E-state index contributed by atoms with van der Waals surface area (Å²) in [7, 11) is 2.92. The maximum Gasteiger partial charge on any atom is 0.315 e. The predicted octanol–water partition coefficient (Wildman–Crippen LogP) is 2.06. The average Bonchev–Trinajstić information content (AvgIpc) is 2.77. The summed E-state index contributed by atoms with van der Waals surface area (Å²) >= 11 is 1.35. The molecule has 0 bridgehead atoms. The van der Waals surface area contributed by atoms with Crippen LogP contribution in [0, 0.1) is 0 Å². The molecule has 0 saturated heterocycles. The molecule has 0 saturated carbocycles. The summed E-state index contributed by atoms with van der Waals surface area (Å²) in [5.41, 5.74) is 0. The molecule has 0 atom stereocenters. The lowest BCUT2D eigenvalue weighted by Gasteiger charge is -2.11. The minimum Gasteiger partial charge on any atom is -0.437 e. The highest BCUT2D eigenvalue weighted by molar-refractivity contribution is 7.98. The van der Waals surface area contributed by atoms with Gasteiger partial charge in [-0.25, -0.2) is 10.0 Å². The second-order valence-electron chi connectivity index (χ2n) is 2.18. The van der Waals surface area contributed by atoms with E-state index < -0.39 is 0 Å². The molecule has 0 spiro atoms. The Bertz CT molecular complexity index is 301.